The molecule has 0 bridgehead atoms. The molecule has 3 aromatic heterocycles. The van der Waals surface area contributed by atoms with Crippen LogP contribution in [0, 0.1) is 5.92 Å². The molecule has 2 amide bonds. The number of nitrogens with zero attached hydrogens (tertiary/aromatic N) is 7. The van der Waals surface area contributed by atoms with Gasteiger partial charge in [-0.05, 0) is 70.1 Å². The molecule has 5 N–H and O–H groups in total. The van der Waals surface area contributed by atoms with Gasteiger partial charge < -0.3 is 35.9 Å². The van der Waals surface area contributed by atoms with E-state index in [9.17, 15) is 9.59 Å². The lowest BCUT2D eigenvalue weighted by Crippen LogP contribution is -2.42. The average Bonchev–Trinajstić information content (AvgIpc) is 3.96. The van der Waals surface area contributed by atoms with Gasteiger partial charge in [-0.1, -0.05) is 60.7 Å². The van der Waals surface area contributed by atoms with Gasteiger partial charge in [0.1, 0.15) is 34.6 Å². The summed E-state index contributed by atoms with van der Waals surface area (Å²) in [6.45, 7) is 5.84. The number of aromatic nitrogens is 6. The Morgan fingerprint density at radius 2 is 1.61 bits per heavy atom. The van der Waals surface area contributed by atoms with Crippen LogP contribution in [-0.4, -0.2) is 94.4 Å². The van der Waals surface area contributed by atoms with Crippen molar-refractivity contribution < 1.29 is 14.3 Å². The van der Waals surface area contributed by atoms with Gasteiger partial charge in [-0.3, -0.25) is 29.7 Å². The second-order valence-corrected chi connectivity index (χ2v) is 13.7. The molecule has 0 aliphatic carbocycles. The van der Waals surface area contributed by atoms with Crippen molar-refractivity contribution in [2.45, 2.75) is 43.8 Å². The van der Waals surface area contributed by atoms with Crippen molar-refractivity contribution in [3.63, 3.8) is 0 Å². The van der Waals surface area contributed by atoms with E-state index in [0.29, 0.717) is 59.4 Å². The summed E-state index contributed by atoms with van der Waals surface area (Å²) in [4.78, 5) is 58.5. The first-order valence-electron chi connectivity index (χ1n) is 19.1. The maximum absolute atomic E-state index is 13.9. The third-order valence-electron chi connectivity index (χ3n) is 10.1. The minimum Gasteiger partial charge on any atom is -0.453 e. The van der Waals surface area contributed by atoms with E-state index in [-0.39, 0.29) is 23.9 Å². The van der Waals surface area contributed by atoms with E-state index < -0.39 is 12.1 Å². The molecule has 57 heavy (non-hydrogen) atoms. The number of aliphatic imine (C=N–C) groups is 1. The van der Waals surface area contributed by atoms with Crippen LogP contribution in [0.4, 0.5) is 4.79 Å². The van der Waals surface area contributed by atoms with Gasteiger partial charge in [-0.15, -0.1) is 0 Å². The summed E-state index contributed by atoms with van der Waals surface area (Å²) in [5, 5.41) is 13.0. The Morgan fingerprint density at radius 1 is 0.930 bits per heavy atom. The second-order valence-electron chi connectivity index (χ2n) is 13.7. The first kappa shape index (κ1) is 40.3. The number of benzene rings is 2. The zero-order valence-corrected chi connectivity index (χ0v) is 32.6. The molecule has 1 saturated heterocycles. The number of H-pyrrole nitrogens is 1. The standard InChI is InChI=1S/C42H50N12O3/c1-43-19-11-17-30(38(45-3)28-13-7-5-8-14-28)21-46-31(22-44-2)32-23-48-33(24-47-32)34-25-50-35(26-49-34)36-27-51-40(52-36)37-18-12-20-54(37)41(55)39(53-42(56)57-4)29-15-9-6-10-16-29/h5-10,13-16,22-27,30,37-39,43,45-46H,2,11-12,17-21H2,1,3-4H3,(H,51,52)(H,53,56)/b31-22-/t30-,37-,38+,39?/m0/s1. The van der Waals surface area contributed by atoms with Crippen LogP contribution in [-0.2, 0) is 9.53 Å². The van der Waals surface area contributed by atoms with E-state index in [4.69, 9.17) is 9.72 Å². The van der Waals surface area contributed by atoms with Crippen LogP contribution in [0.15, 0.2) is 103 Å². The normalized spacial score (nSPS) is 15.7. The molecule has 0 saturated carbocycles. The van der Waals surface area contributed by atoms with Gasteiger partial charge in [0, 0.05) is 19.1 Å². The SMILES string of the molecule is C=N/C=C(\NC[C@H](CCCNC)[C@H](NC)c1ccccc1)c1cnc(-c2cnc(-c3cnc([C@@H]4CCCN4C(=O)C(NC(=O)OC)c4ccccc4)[nH]3)cn2)cn1. The van der Waals surface area contributed by atoms with E-state index in [1.165, 1.54) is 12.7 Å². The third kappa shape index (κ3) is 10.1. The summed E-state index contributed by atoms with van der Waals surface area (Å²) in [7, 11) is 5.25. The fourth-order valence-electron chi connectivity index (χ4n) is 7.22. The molecular formula is C42H50N12O3. The molecule has 15 nitrogen and oxygen atoms in total. The fourth-order valence-corrected chi connectivity index (χ4v) is 7.22. The summed E-state index contributed by atoms with van der Waals surface area (Å²) in [6.07, 6.45) is 12.9. The average molecular weight is 771 g/mol. The molecule has 4 atom stereocenters. The molecule has 5 aromatic rings. The number of methoxy groups -OCH3 is 1. The summed E-state index contributed by atoms with van der Waals surface area (Å²) in [5.74, 6) is 0.676. The lowest BCUT2D eigenvalue weighted by Gasteiger charge is -2.28. The Bertz CT molecular complexity index is 2080. The molecule has 1 aliphatic heterocycles. The number of hydrogen-bond donors (Lipinski definition) is 5. The summed E-state index contributed by atoms with van der Waals surface area (Å²) in [6, 6.07) is 18.6. The number of likely N-dealkylation sites (tertiary alicyclic amines) is 1. The summed E-state index contributed by atoms with van der Waals surface area (Å²) >= 11 is 0. The molecule has 15 heteroatoms. The van der Waals surface area contributed by atoms with Gasteiger partial charge >= 0.3 is 6.09 Å². The molecule has 0 radical (unpaired) electrons. The monoisotopic (exact) mass is 770 g/mol. The Kier molecular flexibility index (Phi) is 14.2. The molecule has 6 rings (SSSR count). The Balaban J connectivity index is 1.12. The van der Waals surface area contributed by atoms with Crippen molar-refractivity contribution in [1.29, 1.82) is 0 Å². The maximum atomic E-state index is 13.9. The number of carbonyl (C=O) groups is 2. The van der Waals surface area contributed by atoms with Crippen LogP contribution in [0.25, 0.3) is 28.5 Å². The first-order chi connectivity index (χ1) is 27.9. The highest BCUT2D eigenvalue weighted by atomic mass is 16.5. The highest BCUT2D eigenvalue weighted by Crippen LogP contribution is 2.34. The van der Waals surface area contributed by atoms with Gasteiger partial charge in [0.15, 0.2) is 0 Å². The number of carbonyl (C=O) groups excluding carboxylic acids is 2. The molecule has 1 aliphatic rings. The van der Waals surface area contributed by atoms with Crippen molar-refractivity contribution in [1.82, 2.24) is 56.1 Å². The van der Waals surface area contributed by atoms with Crippen molar-refractivity contribution in [3.05, 3.63) is 120 Å². The topological polar surface area (TPSA) is 187 Å². The molecule has 2 aromatic carbocycles. The fraction of sp³-hybridized carbons (Fsp3) is 0.333. The van der Waals surface area contributed by atoms with E-state index in [1.807, 2.05) is 38.4 Å². The predicted octanol–water partition coefficient (Wildman–Crippen LogP) is 5.25. The van der Waals surface area contributed by atoms with Crippen LogP contribution < -0.4 is 21.3 Å². The summed E-state index contributed by atoms with van der Waals surface area (Å²) in [5.41, 5.74) is 5.62. The highest BCUT2D eigenvalue weighted by molar-refractivity contribution is 5.87. The third-order valence-corrected chi connectivity index (χ3v) is 10.1. The van der Waals surface area contributed by atoms with Crippen LogP contribution in [0.2, 0.25) is 0 Å². The second kappa shape index (κ2) is 20.0. The van der Waals surface area contributed by atoms with Crippen molar-refractivity contribution >= 4 is 24.4 Å². The molecule has 1 fully saturated rings. The number of hydrogen-bond acceptors (Lipinski definition) is 12. The number of amides is 2. The zero-order valence-electron chi connectivity index (χ0n) is 32.6. The van der Waals surface area contributed by atoms with Crippen molar-refractivity contribution in [2.75, 3.05) is 40.8 Å². The molecular weight excluding hydrogens is 721 g/mol. The van der Waals surface area contributed by atoms with Gasteiger partial charge in [0.05, 0.1) is 61.7 Å². The summed E-state index contributed by atoms with van der Waals surface area (Å²) < 4.78 is 4.82. The van der Waals surface area contributed by atoms with Gasteiger partial charge in [-0.2, -0.15) is 0 Å². The first-order valence-corrected chi connectivity index (χ1v) is 19.1. The maximum Gasteiger partial charge on any atom is 0.407 e. The van der Waals surface area contributed by atoms with Crippen LogP contribution >= 0.6 is 0 Å². The number of imidazole rings is 1. The Hall–Kier alpha value is -6.32. The van der Waals surface area contributed by atoms with Gasteiger partial charge in [-0.25, -0.2) is 9.78 Å². The Labute approximate surface area is 332 Å². The number of aromatic amines is 1. The number of alkyl carbamates (subject to hydrolysis) is 1. The predicted molar refractivity (Wildman–Crippen MR) is 219 cm³/mol. The molecule has 296 valence electrons. The van der Waals surface area contributed by atoms with Crippen LogP contribution in [0.1, 0.15) is 66.5 Å². The lowest BCUT2D eigenvalue weighted by molar-refractivity contribution is -0.134. The van der Waals surface area contributed by atoms with Gasteiger partial charge in [0.25, 0.3) is 5.91 Å². The van der Waals surface area contributed by atoms with E-state index in [0.717, 1.165) is 31.5 Å². The molecule has 0 spiro atoms. The Morgan fingerprint density at radius 3 is 2.25 bits per heavy atom. The van der Waals surface area contributed by atoms with Crippen molar-refractivity contribution in [3.8, 4) is 22.8 Å². The number of nitrogens with one attached hydrogen (secondary N) is 5. The smallest absolute Gasteiger partial charge is 0.407 e. The quantitative estimate of drug-likeness (QED) is 0.0579. The van der Waals surface area contributed by atoms with Gasteiger partial charge in [0.2, 0.25) is 0 Å². The molecule has 4 heterocycles. The minimum atomic E-state index is -0.900. The van der Waals surface area contributed by atoms with Crippen LogP contribution in [0.3, 0.4) is 0 Å². The van der Waals surface area contributed by atoms with Crippen molar-refractivity contribution in [2.24, 2.45) is 10.9 Å². The highest BCUT2D eigenvalue weighted by Gasteiger charge is 2.37. The van der Waals surface area contributed by atoms with E-state index in [2.05, 4.69) is 82.2 Å². The van der Waals surface area contributed by atoms with Crippen LogP contribution in [0.5, 0.6) is 0 Å². The largest absolute Gasteiger partial charge is 0.453 e. The number of rotatable bonds is 18. The lowest BCUT2D eigenvalue weighted by atomic mass is 9.89. The zero-order chi connectivity index (χ0) is 40.0. The molecule has 1 unspecified atom stereocenters. The van der Waals surface area contributed by atoms with E-state index in [1.54, 1.807) is 54.2 Å². The minimum absolute atomic E-state index is 0.160. The number of ether oxygens (including phenoxy) is 1. The van der Waals surface area contributed by atoms with E-state index >= 15 is 0 Å².